The number of hydrogen-bond acceptors (Lipinski definition) is 9. The molecule has 22 aromatic rings. The molecule has 0 unspecified atom stereocenters. The molecule has 100 heavy (non-hydrogen) atoms. The Bertz CT molecular complexity index is 6750. The average molecular weight is 1310 g/mol. The zero-order chi connectivity index (χ0) is 65.5. The van der Waals surface area contributed by atoms with Crippen molar-refractivity contribution in [2.24, 2.45) is 0 Å². The van der Waals surface area contributed by atoms with Gasteiger partial charge in [-0.2, -0.15) is 0 Å². The average Bonchev–Trinajstić information content (AvgIpc) is 1.08. The molecule has 0 aliphatic heterocycles. The standard InChI is InChI=1S/C45H26N4S.C44H25N5S/c1-2-12-27(13-3-1)43-33-18-6-9-19-37(33)47-45(48-43)49-39-20-10-7-15-30(39)35-24-28(22-23-40(35)49)44-32-17-5-4-14-29(32)34-25-36-31-16-8-11-21-41(31)50-42(36)26-38(34)46-44;1-2-10-26(11-3-1)42-31-15-6-8-16-36(31)47-44(48-42)49-38-19-18-27(22-33(38)35-25-45-21-20-39(35)49)43-30-14-5-4-12-28(30)32-23-34-29-13-7-9-17-40(29)50-41(34)24-37(32)46-43/h1-26H;1-25H. The molecule has 9 nitrogen and oxygen atoms in total. The highest BCUT2D eigenvalue weighted by molar-refractivity contribution is 7.26. The monoisotopic (exact) mass is 1310 g/mol. The van der Waals surface area contributed by atoms with Gasteiger partial charge in [0.15, 0.2) is 0 Å². The highest BCUT2D eigenvalue weighted by atomic mass is 32.1. The van der Waals surface area contributed by atoms with Crippen molar-refractivity contribution in [2.45, 2.75) is 0 Å². The van der Waals surface area contributed by atoms with E-state index in [9.17, 15) is 0 Å². The Hall–Kier alpha value is -12.9. The Morgan fingerprint density at radius 2 is 0.600 bits per heavy atom. The number of thiophene rings is 2. The highest BCUT2D eigenvalue weighted by Gasteiger charge is 2.23. The van der Waals surface area contributed by atoms with Gasteiger partial charge in [-0.25, -0.2) is 29.9 Å². The molecule has 0 radical (unpaired) electrons. The second-order valence-corrected chi connectivity index (χ2v) is 27.7. The number of hydrogen-bond donors (Lipinski definition) is 0. The van der Waals surface area contributed by atoms with E-state index in [0.717, 1.165) is 132 Å². The van der Waals surface area contributed by atoms with Crippen molar-refractivity contribution in [2.75, 3.05) is 0 Å². The summed E-state index contributed by atoms with van der Waals surface area (Å²) in [6.07, 6.45) is 3.78. The molecule has 22 rings (SSSR count). The van der Waals surface area contributed by atoms with Crippen LogP contribution in [-0.2, 0) is 0 Å². The van der Waals surface area contributed by atoms with E-state index < -0.39 is 0 Å². The summed E-state index contributed by atoms with van der Waals surface area (Å²) in [5.41, 5.74) is 16.0. The van der Waals surface area contributed by atoms with E-state index >= 15 is 0 Å². The summed E-state index contributed by atoms with van der Waals surface area (Å²) in [6.45, 7) is 0. The number of benzene rings is 13. The van der Waals surface area contributed by atoms with Gasteiger partial charge < -0.3 is 0 Å². The molecule has 0 atom stereocenters. The third-order valence-electron chi connectivity index (χ3n) is 19.9. The molecule has 13 aromatic carbocycles. The molecule has 0 spiro atoms. The van der Waals surface area contributed by atoms with E-state index in [1.165, 1.54) is 61.9 Å². The zero-order valence-corrected chi connectivity index (χ0v) is 54.9. The van der Waals surface area contributed by atoms with Crippen molar-refractivity contribution >= 4 is 172 Å². The smallest absolute Gasteiger partial charge is 0.235 e. The fraction of sp³-hybridized carbons (Fsp3) is 0. The van der Waals surface area contributed by atoms with E-state index in [1.54, 1.807) is 0 Å². The van der Waals surface area contributed by atoms with Crippen LogP contribution in [0.25, 0.3) is 206 Å². The number of rotatable bonds is 6. The predicted molar refractivity (Wildman–Crippen MR) is 419 cm³/mol. The lowest BCUT2D eigenvalue weighted by Gasteiger charge is -2.12. The number of pyridine rings is 3. The van der Waals surface area contributed by atoms with Gasteiger partial charge in [-0.05, 0) is 95.7 Å². The van der Waals surface area contributed by atoms with Gasteiger partial charge in [0.25, 0.3) is 0 Å². The molecule has 0 N–H and O–H groups in total. The quantitative estimate of drug-likeness (QED) is 0.153. The lowest BCUT2D eigenvalue weighted by molar-refractivity contribution is 1.01. The van der Waals surface area contributed by atoms with Gasteiger partial charge in [-0.3, -0.25) is 14.1 Å². The van der Waals surface area contributed by atoms with Crippen LogP contribution in [0.5, 0.6) is 0 Å². The topological polar surface area (TPSA) is 100 Å². The van der Waals surface area contributed by atoms with E-state index in [0.29, 0.717) is 11.9 Å². The minimum atomic E-state index is 0.628. The van der Waals surface area contributed by atoms with Crippen LogP contribution in [0.15, 0.2) is 310 Å². The Balaban J connectivity index is 0.000000131. The van der Waals surface area contributed by atoms with Gasteiger partial charge in [-0.1, -0.05) is 212 Å². The first-order chi connectivity index (χ1) is 49.6. The van der Waals surface area contributed by atoms with Crippen LogP contribution < -0.4 is 0 Å². The molecule has 0 aliphatic carbocycles. The first kappa shape index (κ1) is 56.3. The molecule has 9 heterocycles. The van der Waals surface area contributed by atoms with Crippen LogP contribution in [0.4, 0.5) is 0 Å². The summed E-state index contributed by atoms with van der Waals surface area (Å²) in [5.74, 6) is 1.28. The van der Waals surface area contributed by atoms with Crippen LogP contribution in [0.2, 0.25) is 0 Å². The molecule has 0 bridgehead atoms. The lowest BCUT2D eigenvalue weighted by atomic mass is 9.98. The van der Waals surface area contributed by atoms with E-state index in [1.807, 2.05) is 65.4 Å². The van der Waals surface area contributed by atoms with Gasteiger partial charge in [-0.15, -0.1) is 22.7 Å². The number of fused-ring (bicyclic) bond motifs is 20. The summed E-state index contributed by atoms with van der Waals surface area (Å²) < 4.78 is 9.48. The van der Waals surface area contributed by atoms with Gasteiger partial charge >= 0.3 is 0 Å². The van der Waals surface area contributed by atoms with Crippen LogP contribution in [-0.4, -0.2) is 44.0 Å². The van der Waals surface area contributed by atoms with Gasteiger partial charge in [0.2, 0.25) is 11.9 Å². The highest BCUT2D eigenvalue weighted by Crippen LogP contribution is 2.45. The van der Waals surface area contributed by atoms with E-state index in [2.05, 4.69) is 281 Å². The lowest BCUT2D eigenvalue weighted by Crippen LogP contribution is -2.03. The Kier molecular flexibility index (Phi) is 12.6. The molecule has 464 valence electrons. The third kappa shape index (κ3) is 8.82. The second-order valence-electron chi connectivity index (χ2n) is 25.5. The second kappa shape index (κ2) is 22.3. The minimum absolute atomic E-state index is 0.628. The molecule has 11 heteroatoms. The first-order valence-electron chi connectivity index (χ1n) is 33.4. The fourth-order valence-electron chi connectivity index (χ4n) is 15.3. The molecular weight excluding hydrogens is 1260 g/mol. The third-order valence-corrected chi connectivity index (χ3v) is 22.1. The normalized spacial score (nSPS) is 12.0. The summed E-state index contributed by atoms with van der Waals surface area (Å²) in [6, 6.07) is 105. The molecular formula is C89H51N9S2. The van der Waals surface area contributed by atoms with Crippen molar-refractivity contribution in [1.82, 2.24) is 44.0 Å². The maximum Gasteiger partial charge on any atom is 0.235 e. The largest absolute Gasteiger partial charge is 0.278 e. The SMILES string of the molecule is c1ccc(-c2nc(-n3c4ccccc4c4cc(-c5nc6cc7sc8ccccc8c7cc6c6ccccc56)ccc43)nc3ccccc23)cc1.c1ccc(-c2nc(-n3c4ccncc4c4cc(-c5nc6cc7sc8ccccc8c7cc6c6ccccc56)ccc43)nc3ccccc23)cc1. The van der Waals surface area contributed by atoms with Crippen LogP contribution in [0, 0.1) is 0 Å². The van der Waals surface area contributed by atoms with Gasteiger partial charge in [0.1, 0.15) is 0 Å². The maximum absolute atomic E-state index is 5.40. The Morgan fingerprint density at radius 3 is 1.11 bits per heavy atom. The van der Waals surface area contributed by atoms with Gasteiger partial charge in [0, 0.05) is 129 Å². The molecule has 0 saturated heterocycles. The fourth-order valence-corrected chi connectivity index (χ4v) is 17.6. The molecule has 0 aliphatic rings. The van der Waals surface area contributed by atoms with E-state index in [-0.39, 0.29) is 0 Å². The zero-order valence-electron chi connectivity index (χ0n) is 53.3. The van der Waals surface area contributed by atoms with Crippen molar-refractivity contribution in [1.29, 1.82) is 0 Å². The van der Waals surface area contributed by atoms with Crippen LogP contribution >= 0.6 is 22.7 Å². The maximum atomic E-state index is 5.40. The number of para-hydroxylation sites is 3. The van der Waals surface area contributed by atoms with Crippen LogP contribution in [0.3, 0.4) is 0 Å². The predicted octanol–water partition coefficient (Wildman–Crippen LogP) is 23.7. The van der Waals surface area contributed by atoms with E-state index in [4.69, 9.17) is 29.9 Å². The molecule has 9 aromatic heterocycles. The van der Waals surface area contributed by atoms with Crippen molar-refractivity contribution in [3.05, 3.63) is 310 Å². The summed E-state index contributed by atoms with van der Waals surface area (Å²) in [7, 11) is 0. The Morgan fingerprint density at radius 1 is 0.210 bits per heavy atom. The van der Waals surface area contributed by atoms with Crippen molar-refractivity contribution in [3.8, 4) is 56.9 Å². The van der Waals surface area contributed by atoms with Crippen LogP contribution in [0.1, 0.15) is 0 Å². The summed E-state index contributed by atoms with van der Waals surface area (Å²) in [5, 5.41) is 18.7. The van der Waals surface area contributed by atoms with Crippen molar-refractivity contribution < 1.29 is 0 Å². The molecule has 0 fully saturated rings. The first-order valence-corrected chi connectivity index (χ1v) is 35.0. The molecule has 0 saturated carbocycles. The molecule has 0 amide bonds. The Labute approximate surface area is 578 Å². The minimum Gasteiger partial charge on any atom is -0.278 e. The number of nitrogens with zero attached hydrogens (tertiary/aromatic N) is 9. The number of aromatic nitrogens is 9. The summed E-state index contributed by atoms with van der Waals surface area (Å²) >= 11 is 3.66. The van der Waals surface area contributed by atoms with Gasteiger partial charge in [0.05, 0.1) is 66.9 Å². The van der Waals surface area contributed by atoms with Crippen molar-refractivity contribution in [3.63, 3.8) is 0 Å². The summed E-state index contributed by atoms with van der Waals surface area (Å²) in [4.78, 5) is 36.1.